The maximum Gasteiger partial charge on any atom is 0.152 e. The second-order valence-corrected chi connectivity index (χ2v) is 2.17. The van der Waals surface area contributed by atoms with Crippen LogP contribution in [0, 0.1) is 0 Å². The Labute approximate surface area is 55.2 Å². The van der Waals surface area contributed by atoms with E-state index in [2.05, 4.69) is 0 Å². The van der Waals surface area contributed by atoms with Crippen molar-refractivity contribution in [2.45, 2.75) is 26.9 Å². The van der Waals surface area contributed by atoms with Gasteiger partial charge in [-0.15, -0.1) is 0 Å². The summed E-state index contributed by atoms with van der Waals surface area (Å²) in [5.41, 5.74) is 0.711. The molecule has 0 aromatic carbocycles. The quantitative estimate of drug-likeness (QED) is 0.561. The zero-order valence-electron chi connectivity index (χ0n) is 6.01. The smallest absolute Gasteiger partial charge is 0.152 e. The molecule has 0 saturated carbocycles. The molecule has 0 aromatic rings. The van der Waals surface area contributed by atoms with E-state index in [1.165, 1.54) is 13.0 Å². The number of allylic oxidation sites excluding steroid dienone is 1. The minimum Gasteiger partial charge on any atom is -0.389 e. The fourth-order valence-corrected chi connectivity index (χ4v) is 0.441. The van der Waals surface area contributed by atoms with E-state index in [0.29, 0.717) is 5.57 Å². The molecule has 52 valence electrons. The van der Waals surface area contributed by atoms with Gasteiger partial charge in [0.1, 0.15) is 0 Å². The summed E-state index contributed by atoms with van der Waals surface area (Å²) in [6.45, 7) is 4.83. The molecule has 0 radical (unpaired) electrons. The van der Waals surface area contributed by atoms with Crippen LogP contribution in [-0.4, -0.2) is 17.0 Å². The Balaban J connectivity index is 4.00. The first-order chi connectivity index (χ1) is 4.04. The molecule has 0 aliphatic heterocycles. The molecule has 1 atom stereocenters. The first-order valence-electron chi connectivity index (χ1n) is 2.91. The van der Waals surface area contributed by atoms with Crippen molar-refractivity contribution in [3.63, 3.8) is 0 Å². The SMILES string of the molecule is CC(=O)/C=C(\C)C(C)O. The van der Waals surface area contributed by atoms with E-state index in [-0.39, 0.29) is 5.78 Å². The van der Waals surface area contributed by atoms with Crippen LogP contribution in [0.3, 0.4) is 0 Å². The molecule has 0 amide bonds. The molecule has 0 saturated heterocycles. The van der Waals surface area contributed by atoms with Gasteiger partial charge in [0.25, 0.3) is 0 Å². The van der Waals surface area contributed by atoms with Gasteiger partial charge in [0.05, 0.1) is 6.10 Å². The van der Waals surface area contributed by atoms with Crippen LogP contribution in [0.5, 0.6) is 0 Å². The van der Waals surface area contributed by atoms with Crippen LogP contribution in [0.25, 0.3) is 0 Å². The van der Waals surface area contributed by atoms with Crippen molar-refractivity contribution in [1.82, 2.24) is 0 Å². The molecule has 1 unspecified atom stereocenters. The van der Waals surface area contributed by atoms with Gasteiger partial charge in [-0.3, -0.25) is 4.79 Å². The van der Waals surface area contributed by atoms with Crippen LogP contribution in [0.4, 0.5) is 0 Å². The van der Waals surface area contributed by atoms with Gasteiger partial charge in [-0.05, 0) is 32.4 Å². The van der Waals surface area contributed by atoms with E-state index in [9.17, 15) is 4.79 Å². The van der Waals surface area contributed by atoms with Crippen molar-refractivity contribution in [3.05, 3.63) is 11.6 Å². The van der Waals surface area contributed by atoms with E-state index >= 15 is 0 Å². The molecule has 0 heterocycles. The molecule has 0 bridgehead atoms. The average Bonchev–Trinajstić information content (AvgIpc) is 1.63. The maximum absolute atomic E-state index is 10.4. The molecule has 2 nitrogen and oxygen atoms in total. The Hall–Kier alpha value is -0.630. The van der Waals surface area contributed by atoms with E-state index in [1.807, 2.05) is 0 Å². The molecule has 2 heteroatoms. The lowest BCUT2D eigenvalue weighted by atomic mass is 10.1. The molecule has 9 heavy (non-hydrogen) atoms. The van der Waals surface area contributed by atoms with Crippen LogP contribution in [0.15, 0.2) is 11.6 Å². The fourth-order valence-electron chi connectivity index (χ4n) is 0.441. The summed E-state index contributed by atoms with van der Waals surface area (Å²) in [5, 5.41) is 8.85. The summed E-state index contributed by atoms with van der Waals surface area (Å²) in [4.78, 5) is 10.4. The van der Waals surface area contributed by atoms with E-state index in [0.717, 1.165) is 0 Å². The minimum atomic E-state index is -0.506. The Kier molecular flexibility index (Phi) is 3.17. The van der Waals surface area contributed by atoms with Crippen molar-refractivity contribution in [3.8, 4) is 0 Å². The molecular formula is C7H12O2. The van der Waals surface area contributed by atoms with Gasteiger partial charge in [0, 0.05) is 0 Å². The Bertz CT molecular complexity index is 134. The standard InChI is InChI=1S/C7H12O2/c1-5(7(3)9)4-6(2)8/h4,7,9H,1-3H3/b5-4+. The van der Waals surface area contributed by atoms with Crippen LogP contribution >= 0.6 is 0 Å². The Morgan fingerprint density at radius 2 is 2.00 bits per heavy atom. The zero-order chi connectivity index (χ0) is 7.44. The highest BCUT2D eigenvalue weighted by Crippen LogP contribution is 1.98. The van der Waals surface area contributed by atoms with Gasteiger partial charge in [-0.25, -0.2) is 0 Å². The summed E-state index contributed by atoms with van der Waals surface area (Å²) in [7, 11) is 0. The highest BCUT2D eigenvalue weighted by atomic mass is 16.3. The van der Waals surface area contributed by atoms with Gasteiger partial charge in [0.15, 0.2) is 5.78 Å². The topological polar surface area (TPSA) is 37.3 Å². The first-order valence-corrected chi connectivity index (χ1v) is 2.91. The molecule has 0 aliphatic rings. The van der Waals surface area contributed by atoms with Crippen LogP contribution in [-0.2, 0) is 4.79 Å². The third-order valence-corrected chi connectivity index (χ3v) is 1.09. The minimum absolute atomic E-state index is 0.0200. The molecule has 0 spiro atoms. The van der Waals surface area contributed by atoms with Crippen molar-refractivity contribution in [2.24, 2.45) is 0 Å². The summed E-state index contributed by atoms with van der Waals surface area (Å²) in [6, 6.07) is 0. The molecule has 0 rings (SSSR count). The third-order valence-electron chi connectivity index (χ3n) is 1.09. The number of rotatable bonds is 2. The molecule has 0 aliphatic carbocycles. The molecular weight excluding hydrogens is 116 g/mol. The second-order valence-electron chi connectivity index (χ2n) is 2.17. The number of hydrogen-bond donors (Lipinski definition) is 1. The van der Waals surface area contributed by atoms with Crippen molar-refractivity contribution < 1.29 is 9.90 Å². The lowest BCUT2D eigenvalue weighted by Crippen LogP contribution is -2.02. The lowest BCUT2D eigenvalue weighted by molar-refractivity contribution is -0.112. The molecule has 1 N–H and O–H groups in total. The normalized spacial score (nSPS) is 15.3. The predicted octanol–water partition coefficient (Wildman–Crippen LogP) is 0.902. The largest absolute Gasteiger partial charge is 0.389 e. The average molecular weight is 128 g/mol. The predicted molar refractivity (Wildman–Crippen MR) is 36.1 cm³/mol. The summed E-state index contributed by atoms with van der Waals surface area (Å²) in [6.07, 6.45) is 0.930. The Morgan fingerprint density at radius 1 is 1.56 bits per heavy atom. The van der Waals surface area contributed by atoms with Gasteiger partial charge >= 0.3 is 0 Å². The van der Waals surface area contributed by atoms with Crippen LogP contribution in [0.1, 0.15) is 20.8 Å². The summed E-state index contributed by atoms with van der Waals surface area (Å²) in [5.74, 6) is -0.0200. The van der Waals surface area contributed by atoms with Gasteiger partial charge < -0.3 is 5.11 Å². The van der Waals surface area contributed by atoms with Gasteiger partial charge in [0.2, 0.25) is 0 Å². The molecule has 0 fully saturated rings. The highest BCUT2D eigenvalue weighted by Gasteiger charge is 1.97. The number of carbonyl (C=O) groups is 1. The molecule has 0 aromatic heterocycles. The summed E-state index contributed by atoms with van der Waals surface area (Å²) < 4.78 is 0. The number of carbonyl (C=O) groups excluding carboxylic acids is 1. The number of aliphatic hydroxyl groups excluding tert-OH is 1. The van der Waals surface area contributed by atoms with Gasteiger partial charge in [-0.2, -0.15) is 0 Å². The van der Waals surface area contributed by atoms with E-state index in [1.54, 1.807) is 13.8 Å². The fraction of sp³-hybridized carbons (Fsp3) is 0.571. The van der Waals surface area contributed by atoms with Crippen molar-refractivity contribution in [2.75, 3.05) is 0 Å². The lowest BCUT2D eigenvalue weighted by Gasteiger charge is -2.00. The Morgan fingerprint density at radius 3 is 2.11 bits per heavy atom. The van der Waals surface area contributed by atoms with Crippen LogP contribution < -0.4 is 0 Å². The van der Waals surface area contributed by atoms with Crippen LogP contribution in [0.2, 0.25) is 0 Å². The first kappa shape index (κ1) is 8.37. The third kappa shape index (κ3) is 3.91. The number of hydrogen-bond acceptors (Lipinski definition) is 2. The monoisotopic (exact) mass is 128 g/mol. The van der Waals surface area contributed by atoms with E-state index < -0.39 is 6.10 Å². The highest BCUT2D eigenvalue weighted by molar-refractivity contribution is 5.87. The second kappa shape index (κ2) is 3.41. The van der Waals surface area contributed by atoms with E-state index in [4.69, 9.17) is 5.11 Å². The zero-order valence-corrected chi connectivity index (χ0v) is 6.01. The van der Waals surface area contributed by atoms with Crippen molar-refractivity contribution in [1.29, 1.82) is 0 Å². The number of aliphatic hydroxyl groups is 1. The van der Waals surface area contributed by atoms with Crippen molar-refractivity contribution >= 4 is 5.78 Å². The number of ketones is 1. The maximum atomic E-state index is 10.4. The van der Waals surface area contributed by atoms with Gasteiger partial charge in [-0.1, -0.05) is 0 Å². The summed E-state index contributed by atoms with van der Waals surface area (Å²) >= 11 is 0.